The second-order valence-electron chi connectivity index (χ2n) is 7.64. The summed E-state index contributed by atoms with van der Waals surface area (Å²) in [4.78, 5) is 15.9. The van der Waals surface area contributed by atoms with Crippen molar-refractivity contribution in [3.8, 4) is 5.69 Å². The van der Waals surface area contributed by atoms with Gasteiger partial charge in [0.25, 0.3) is 0 Å². The number of carbonyl (C=O) groups excluding carboxylic acids is 1. The second-order valence-corrected chi connectivity index (χ2v) is 7.64. The van der Waals surface area contributed by atoms with Crippen molar-refractivity contribution in [1.82, 2.24) is 14.7 Å². The maximum absolute atomic E-state index is 13.8. The third-order valence-electron chi connectivity index (χ3n) is 4.74. The van der Waals surface area contributed by atoms with Gasteiger partial charge in [-0.1, -0.05) is 32.0 Å². The summed E-state index contributed by atoms with van der Waals surface area (Å²) in [6.07, 6.45) is -2.97. The van der Waals surface area contributed by atoms with E-state index in [1.165, 1.54) is 4.68 Å². The third-order valence-corrected chi connectivity index (χ3v) is 4.74. The highest BCUT2D eigenvalue weighted by atomic mass is 19.4. The lowest BCUT2D eigenvalue weighted by atomic mass is 10.1. The first kappa shape index (κ1) is 20.2. The maximum atomic E-state index is 13.8. The molecule has 1 aromatic carbocycles. The number of aromatic nitrogens is 2. The zero-order valence-electron chi connectivity index (χ0n) is 16.5. The molecule has 1 aliphatic carbocycles. The van der Waals surface area contributed by atoms with Crippen molar-refractivity contribution in [2.24, 2.45) is 5.92 Å². The van der Waals surface area contributed by atoms with E-state index in [4.69, 9.17) is 0 Å². The van der Waals surface area contributed by atoms with Gasteiger partial charge in [-0.25, -0.2) is 4.68 Å². The zero-order chi connectivity index (χ0) is 20.6. The van der Waals surface area contributed by atoms with Crippen LogP contribution < -0.4 is 4.90 Å². The molecule has 1 fully saturated rings. The summed E-state index contributed by atoms with van der Waals surface area (Å²) in [6.45, 7) is 3.43. The quantitative estimate of drug-likeness (QED) is 0.741. The molecule has 0 N–H and O–H groups in total. The number of carbonyl (C=O) groups is 1. The normalized spacial score (nSPS) is 14.4. The standard InChI is InChI=1S/C20H25F3N4O/c1-13(2)19(28)26(14-10-11-14)12-16-17(20(21,22)23)24-27(18(16)25(3)4)15-8-6-5-7-9-15/h5-9,13-14H,10-12H2,1-4H3. The molecule has 0 saturated heterocycles. The van der Waals surface area contributed by atoms with Crippen molar-refractivity contribution in [3.63, 3.8) is 0 Å². The fourth-order valence-electron chi connectivity index (χ4n) is 3.30. The molecule has 0 atom stereocenters. The summed E-state index contributed by atoms with van der Waals surface area (Å²) < 4.78 is 42.9. The van der Waals surface area contributed by atoms with Gasteiger partial charge in [0.1, 0.15) is 5.82 Å². The lowest BCUT2D eigenvalue weighted by Crippen LogP contribution is -2.36. The Balaban J connectivity index is 2.15. The van der Waals surface area contributed by atoms with E-state index >= 15 is 0 Å². The molecule has 1 amide bonds. The smallest absolute Gasteiger partial charge is 0.362 e. The molecule has 0 radical (unpaired) electrons. The Bertz CT molecular complexity index is 839. The number of hydrogen-bond donors (Lipinski definition) is 0. The molecule has 0 bridgehead atoms. The van der Waals surface area contributed by atoms with Gasteiger partial charge in [0.15, 0.2) is 5.69 Å². The molecule has 0 spiro atoms. The minimum Gasteiger partial charge on any atom is -0.362 e. The Morgan fingerprint density at radius 2 is 1.82 bits per heavy atom. The largest absolute Gasteiger partial charge is 0.435 e. The Morgan fingerprint density at radius 1 is 1.21 bits per heavy atom. The number of rotatable bonds is 6. The van der Waals surface area contributed by atoms with Crippen LogP contribution in [-0.2, 0) is 17.5 Å². The maximum Gasteiger partial charge on any atom is 0.435 e. The molecule has 2 aromatic rings. The molecule has 3 rings (SSSR count). The molecule has 1 aromatic heterocycles. The molecule has 152 valence electrons. The van der Waals surface area contributed by atoms with Crippen LogP contribution in [0.2, 0.25) is 0 Å². The third kappa shape index (κ3) is 4.00. The molecule has 0 unspecified atom stereocenters. The van der Waals surface area contributed by atoms with E-state index in [2.05, 4.69) is 5.10 Å². The van der Waals surface area contributed by atoms with Crippen molar-refractivity contribution in [2.75, 3.05) is 19.0 Å². The number of amides is 1. The van der Waals surface area contributed by atoms with Crippen LogP contribution in [0.15, 0.2) is 30.3 Å². The first-order chi connectivity index (χ1) is 13.1. The number of halogens is 3. The van der Waals surface area contributed by atoms with E-state index in [0.717, 1.165) is 12.8 Å². The van der Waals surface area contributed by atoms with E-state index in [1.807, 2.05) is 0 Å². The van der Waals surface area contributed by atoms with Gasteiger partial charge in [-0.15, -0.1) is 0 Å². The fourth-order valence-corrected chi connectivity index (χ4v) is 3.30. The Hall–Kier alpha value is -2.51. The van der Waals surface area contributed by atoms with Gasteiger partial charge in [0.2, 0.25) is 5.91 Å². The number of nitrogens with zero attached hydrogens (tertiary/aromatic N) is 4. The SMILES string of the molecule is CC(C)C(=O)N(Cc1c(C(F)(F)F)nn(-c2ccccc2)c1N(C)C)C1CC1. The number of para-hydroxylation sites is 1. The second kappa shape index (κ2) is 7.48. The summed E-state index contributed by atoms with van der Waals surface area (Å²) in [5.41, 5.74) is -0.374. The van der Waals surface area contributed by atoms with E-state index in [9.17, 15) is 18.0 Å². The van der Waals surface area contributed by atoms with Crippen LogP contribution in [0.4, 0.5) is 19.0 Å². The molecule has 0 aliphatic heterocycles. The average Bonchev–Trinajstić information content (AvgIpc) is 3.38. The summed E-state index contributed by atoms with van der Waals surface area (Å²) in [5.74, 6) is -0.0737. The zero-order valence-corrected chi connectivity index (χ0v) is 16.5. The van der Waals surface area contributed by atoms with E-state index < -0.39 is 11.9 Å². The van der Waals surface area contributed by atoms with Gasteiger partial charge in [-0.05, 0) is 25.0 Å². The van der Waals surface area contributed by atoms with Gasteiger partial charge in [-0.2, -0.15) is 18.3 Å². The fraction of sp³-hybridized carbons (Fsp3) is 0.500. The van der Waals surface area contributed by atoms with Gasteiger partial charge in [0.05, 0.1) is 12.2 Å². The molecule has 5 nitrogen and oxygen atoms in total. The van der Waals surface area contributed by atoms with Crippen LogP contribution in [0.3, 0.4) is 0 Å². The van der Waals surface area contributed by atoms with Gasteiger partial charge in [0, 0.05) is 31.6 Å². The van der Waals surface area contributed by atoms with E-state index in [1.54, 1.807) is 68.1 Å². The molecular weight excluding hydrogens is 369 g/mol. The summed E-state index contributed by atoms with van der Waals surface area (Å²) >= 11 is 0. The van der Waals surface area contributed by atoms with Crippen molar-refractivity contribution >= 4 is 11.7 Å². The number of anilines is 1. The highest BCUT2D eigenvalue weighted by Crippen LogP contribution is 2.39. The number of benzene rings is 1. The highest BCUT2D eigenvalue weighted by Gasteiger charge is 2.42. The minimum absolute atomic E-state index is 0.00562. The Kier molecular flexibility index (Phi) is 5.41. The van der Waals surface area contributed by atoms with Crippen molar-refractivity contribution < 1.29 is 18.0 Å². The molecular formula is C20H25F3N4O. The van der Waals surface area contributed by atoms with Crippen LogP contribution in [0, 0.1) is 5.92 Å². The minimum atomic E-state index is -4.61. The van der Waals surface area contributed by atoms with Crippen LogP contribution in [-0.4, -0.2) is 40.7 Å². The summed E-state index contributed by atoms with van der Waals surface area (Å²) in [5, 5.41) is 3.92. The predicted octanol–water partition coefficient (Wildman–Crippen LogP) is 4.10. The molecule has 1 aliphatic rings. The van der Waals surface area contributed by atoms with Crippen LogP contribution in [0.1, 0.15) is 37.9 Å². The van der Waals surface area contributed by atoms with Crippen molar-refractivity contribution in [3.05, 3.63) is 41.6 Å². The van der Waals surface area contributed by atoms with Gasteiger partial charge >= 0.3 is 6.18 Å². The topological polar surface area (TPSA) is 41.4 Å². The van der Waals surface area contributed by atoms with Crippen LogP contribution in [0.5, 0.6) is 0 Å². The number of hydrogen-bond acceptors (Lipinski definition) is 3. The predicted molar refractivity (Wildman–Crippen MR) is 101 cm³/mol. The summed E-state index contributed by atoms with van der Waals surface area (Å²) in [6, 6.07) is 8.73. The monoisotopic (exact) mass is 394 g/mol. The Labute approximate surface area is 162 Å². The van der Waals surface area contributed by atoms with Crippen LogP contribution >= 0.6 is 0 Å². The highest BCUT2D eigenvalue weighted by molar-refractivity contribution is 5.79. The lowest BCUT2D eigenvalue weighted by molar-refractivity contribution is -0.143. The summed E-state index contributed by atoms with van der Waals surface area (Å²) in [7, 11) is 3.37. The van der Waals surface area contributed by atoms with Crippen LogP contribution in [0.25, 0.3) is 5.69 Å². The first-order valence-electron chi connectivity index (χ1n) is 9.33. The lowest BCUT2D eigenvalue weighted by Gasteiger charge is -2.26. The molecule has 1 heterocycles. The van der Waals surface area contributed by atoms with E-state index in [0.29, 0.717) is 11.5 Å². The van der Waals surface area contributed by atoms with Gasteiger partial charge in [-0.3, -0.25) is 4.79 Å². The molecule has 28 heavy (non-hydrogen) atoms. The molecule has 1 saturated carbocycles. The first-order valence-corrected chi connectivity index (χ1v) is 9.33. The van der Waals surface area contributed by atoms with Crippen molar-refractivity contribution in [1.29, 1.82) is 0 Å². The number of alkyl halides is 3. The van der Waals surface area contributed by atoms with E-state index in [-0.39, 0.29) is 30.0 Å². The van der Waals surface area contributed by atoms with Crippen molar-refractivity contribution in [2.45, 2.75) is 45.5 Å². The van der Waals surface area contributed by atoms with Gasteiger partial charge < -0.3 is 9.80 Å². The average molecular weight is 394 g/mol. The Morgan fingerprint density at radius 3 is 2.29 bits per heavy atom. The molecule has 8 heteroatoms.